The molecule has 4 aromatic carbocycles. The van der Waals surface area contributed by atoms with E-state index >= 15 is 0 Å². The molecule has 0 aliphatic heterocycles. The number of hydrogen-bond donors (Lipinski definition) is 1. The van der Waals surface area contributed by atoms with Crippen LogP contribution in [0.15, 0.2) is 102 Å². The number of hydrogen-bond acceptors (Lipinski definition) is 2. The Labute approximate surface area is 191 Å². The first-order chi connectivity index (χ1) is 16.2. The van der Waals surface area contributed by atoms with Crippen LogP contribution >= 0.6 is 0 Å². The number of benzene rings is 4. The van der Waals surface area contributed by atoms with E-state index in [1.807, 2.05) is 24.3 Å². The maximum absolute atomic E-state index is 5.05. The smallest absolute Gasteiger partial charge is 0.223 e. The summed E-state index contributed by atoms with van der Waals surface area (Å²) >= 11 is 0. The van der Waals surface area contributed by atoms with Crippen LogP contribution in [0.5, 0.6) is 0 Å². The molecule has 0 radical (unpaired) electrons. The Morgan fingerprint density at radius 2 is 1.30 bits per heavy atom. The first-order valence-electron chi connectivity index (χ1n) is 11.0. The van der Waals surface area contributed by atoms with Gasteiger partial charge in [-0.05, 0) is 62.4 Å². The Bertz CT molecular complexity index is 1630. The van der Waals surface area contributed by atoms with Crippen LogP contribution in [-0.2, 0) is 0 Å². The molecule has 160 valence electrons. The van der Waals surface area contributed by atoms with Crippen molar-refractivity contribution >= 4 is 45.2 Å². The molecule has 2 heterocycles. The third kappa shape index (κ3) is 3.34. The van der Waals surface area contributed by atoms with E-state index in [0.717, 1.165) is 39.2 Å². The third-order valence-electron chi connectivity index (χ3n) is 5.90. The number of anilines is 1. The van der Waals surface area contributed by atoms with E-state index in [-0.39, 0.29) is 0 Å². The van der Waals surface area contributed by atoms with Gasteiger partial charge < -0.3 is 5.32 Å². The second-order valence-electron chi connectivity index (χ2n) is 8.32. The summed E-state index contributed by atoms with van der Waals surface area (Å²) in [4.78, 5) is 10.0. The number of nitrogens with zero attached hydrogens (tertiary/aromatic N) is 4. The molecule has 5 nitrogen and oxygen atoms in total. The second-order valence-corrected chi connectivity index (χ2v) is 8.32. The fourth-order valence-electron chi connectivity index (χ4n) is 4.20. The number of fused-ring (bicyclic) bond motifs is 5. The second kappa shape index (κ2) is 7.64. The molecule has 0 spiro atoms. The van der Waals surface area contributed by atoms with Gasteiger partial charge in [-0.3, -0.25) is 4.40 Å². The minimum Gasteiger partial charge on any atom is -0.325 e. The number of aliphatic imine (C=N–C) groups is 1. The van der Waals surface area contributed by atoms with Gasteiger partial charge in [-0.15, -0.1) is 0 Å². The van der Waals surface area contributed by atoms with E-state index in [0.29, 0.717) is 5.96 Å². The summed E-state index contributed by atoms with van der Waals surface area (Å²) in [5, 5.41) is 3.56. The Morgan fingerprint density at radius 1 is 0.697 bits per heavy atom. The van der Waals surface area contributed by atoms with Crippen LogP contribution in [0, 0.1) is 13.8 Å². The van der Waals surface area contributed by atoms with Gasteiger partial charge in [-0.1, -0.05) is 59.7 Å². The number of aromatic nitrogens is 3. The first kappa shape index (κ1) is 19.3. The van der Waals surface area contributed by atoms with Crippen molar-refractivity contribution in [3.05, 3.63) is 108 Å². The molecule has 2 aromatic heterocycles. The molecular weight excluding hydrogens is 406 g/mol. The maximum Gasteiger partial charge on any atom is 0.223 e. The van der Waals surface area contributed by atoms with Crippen molar-refractivity contribution in [1.82, 2.24) is 14.0 Å². The summed E-state index contributed by atoms with van der Waals surface area (Å²) in [5.74, 6) is 1.52. The predicted octanol–water partition coefficient (Wildman–Crippen LogP) is 6.71. The normalized spacial score (nSPS) is 12.1. The summed E-state index contributed by atoms with van der Waals surface area (Å²) < 4.78 is 4.31. The SMILES string of the molecule is Cc1ccc(N=C(Nc2ccc(C)cc2)n2c3ccccc3n3c4ccccc4nc23)cc1. The Balaban J connectivity index is 1.65. The molecule has 6 aromatic rings. The van der Waals surface area contributed by atoms with Crippen LogP contribution in [0.1, 0.15) is 11.1 Å². The summed E-state index contributed by atoms with van der Waals surface area (Å²) in [6.45, 7) is 4.17. The van der Waals surface area contributed by atoms with Crippen LogP contribution in [0.4, 0.5) is 11.4 Å². The molecule has 6 rings (SSSR count). The zero-order valence-electron chi connectivity index (χ0n) is 18.5. The molecule has 1 N–H and O–H groups in total. The molecule has 0 saturated carbocycles. The fraction of sp³-hybridized carbons (Fsp3) is 0.0714. The lowest BCUT2D eigenvalue weighted by Gasteiger charge is -2.13. The van der Waals surface area contributed by atoms with E-state index in [9.17, 15) is 0 Å². The van der Waals surface area contributed by atoms with Crippen LogP contribution in [-0.4, -0.2) is 19.9 Å². The summed E-state index contributed by atoms with van der Waals surface area (Å²) in [6.07, 6.45) is 0. The van der Waals surface area contributed by atoms with Gasteiger partial charge in [0.25, 0.3) is 0 Å². The van der Waals surface area contributed by atoms with Crippen LogP contribution in [0.25, 0.3) is 27.8 Å². The maximum atomic E-state index is 5.05. The van der Waals surface area contributed by atoms with Gasteiger partial charge in [0.2, 0.25) is 11.7 Å². The molecule has 0 bridgehead atoms. The highest BCUT2D eigenvalue weighted by molar-refractivity contribution is 6.06. The van der Waals surface area contributed by atoms with E-state index in [1.54, 1.807) is 0 Å². The fourth-order valence-corrected chi connectivity index (χ4v) is 4.20. The molecule has 0 fully saturated rings. The molecule has 5 heteroatoms. The Kier molecular flexibility index (Phi) is 4.47. The van der Waals surface area contributed by atoms with Crippen LogP contribution < -0.4 is 5.32 Å². The zero-order valence-corrected chi connectivity index (χ0v) is 18.5. The molecule has 0 unspecified atom stereocenters. The zero-order chi connectivity index (χ0) is 22.4. The number of rotatable bonds is 2. The van der Waals surface area contributed by atoms with E-state index in [2.05, 4.69) is 101 Å². The van der Waals surface area contributed by atoms with Gasteiger partial charge >= 0.3 is 0 Å². The topological polar surface area (TPSA) is 46.6 Å². The van der Waals surface area contributed by atoms with Crippen LogP contribution in [0.2, 0.25) is 0 Å². The van der Waals surface area contributed by atoms with Crippen molar-refractivity contribution < 1.29 is 0 Å². The minimum atomic E-state index is 0.698. The van der Waals surface area contributed by atoms with E-state index < -0.39 is 0 Å². The van der Waals surface area contributed by atoms with Gasteiger partial charge in [-0.25, -0.2) is 14.5 Å². The van der Waals surface area contributed by atoms with Gasteiger partial charge in [0.15, 0.2) is 0 Å². The molecule has 0 atom stereocenters. The lowest BCUT2D eigenvalue weighted by molar-refractivity contribution is 1.15. The highest BCUT2D eigenvalue weighted by atomic mass is 15.3. The molecule has 0 aliphatic rings. The molecule has 0 aliphatic carbocycles. The predicted molar refractivity (Wildman–Crippen MR) is 137 cm³/mol. The van der Waals surface area contributed by atoms with E-state index in [1.165, 1.54) is 11.1 Å². The largest absolute Gasteiger partial charge is 0.325 e. The Hall–Kier alpha value is -4.38. The molecule has 0 saturated heterocycles. The lowest BCUT2D eigenvalue weighted by atomic mass is 10.2. The summed E-state index contributed by atoms with van der Waals surface area (Å²) in [5.41, 5.74) is 8.42. The van der Waals surface area contributed by atoms with Gasteiger partial charge in [-0.2, -0.15) is 0 Å². The van der Waals surface area contributed by atoms with E-state index in [4.69, 9.17) is 9.98 Å². The van der Waals surface area contributed by atoms with Gasteiger partial charge in [0, 0.05) is 5.69 Å². The Morgan fingerprint density at radius 3 is 2.03 bits per heavy atom. The number of nitrogens with one attached hydrogen (secondary N) is 1. The van der Waals surface area contributed by atoms with Crippen molar-refractivity contribution in [2.45, 2.75) is 13.8 Å². The molecule has 0 amide bonds. The average Bonchev–Trinajstić information content (AvgIpc) is 3.36. The standard InChI is InChI=1S/C28H23N5/c1-19-11-15-21(16-12-19)29-27(30-22-17-13-20(2)14-18-22)33-26-10-6-5-9-25(26)32-24-8-4-3-7-23(24)31-28(32)33/h3-18H,1-2H3,(H,29,30). The van der Waals surface area contributed by atoms with Gasteiger partial charge in [0.05, 0.1) is 27.8 Å². The number of aryl methyl sites for hydroxylation is 2. The first-order valence-corrected chi connectivity index (χ1v) is 11.0. The molecule has 33 heavy (non-hydrogen) atoms. The summed E-state index contributed by atoms with van der Waals surface area (Å²) in [7, 11) is 0. The quantitative estimate of drug-likeness (QED) is 0.246. The highest BCUT2D eigenvalue weighted by Crippen LogP contribution is 2.27. The minimum absolute atomic E-state index is 0.698. The van der Waals surface area contributed by atoms with Gasteiger partial charge in [0.1, 0.15) is 0 Å². The van der Waals surface area contributed by atoms with Crippen molar-refractivity contribution in [3.8, 4) is 0 Å². The molecular formula is C28H23N5. The van der Waals surface area contributed by atoms with Crippen molar-refractivity contribution in [2.24, 2.45) is 4.99 Å². The van der Waals surface area contributed by atoms with Crippen molar-refractivity contribution in [3.63, 3.8) is 0 Å². The average molecular weight is 430 g/mol. The monoisotopic (exact) mass is 429 g/mol. The number of imidazole rings is 2. The van der Waals surface area contributed by atoms with Crippen molar-refractivity contribution in [1.29, 1.82) is 0 Å². The van der Waals surface area contributed by atoms with Crippen LogP contribution in [0.3, 0.4) is 0 Å². The van der Waals surface area contributed by atoms with Crippen molar-refractivity contribution in [2.75, 3.05) is 5.32 Å². The highest BCUT2D eigenvalue weighted by Gasteiger charge is 2.19. The third-order valence-corrected chi connectivity index (χ3v) is 5.90. The lowest BCUT2D eigenvalue weighted by Crippen LogP contribution is -2.22. The summed E-state index contributed by atoms with van der Waals surface area (Å²) in [6, 6.07) is 33.2. The number of para-hydroxylation sites is 4.